The molecule has 0 radical (unpaired) electrons. The first-order chi connectivity index (χ1) is 11.2. The highest BCUT2D eigenvalue weighted by Crippen LogP contribution is 2.37. The first kappa shape index (κ1) is 16.6. The van der Waals surface area contributed by atoms with Crippen LogP contribution < -0.4 is 9.47 Å². The second-order valence-corrected chi connectivity index (χ2v) is 4.82. The molecule has 1 heterocycles. The van der Waals surface area contributed by atoms with Crippen molar-refractivity contribution in [3.8, 4) is 11.5 Å². The fourth-order valence-corrected chi connectivity index (χ4v) is 2.51. The maximum atomic E-state index is 12.2. The first-order valence-electron chi connectivity index (χ1n) is 7.12. The van der Waals surface area contributed by atoms with Crippen LogP contribution in [0.2, 0.25) is 0 Å². The van der Waals surface area contributed by atoms with Gasteiger partial charge in [0.1, 0.15) is 12.9 Å². The number of nitrogens with zero attached hydrogens (tertiary/aromatic N) is 1. The molecule has 0 fully saturated rings. The summed E-state index contributed by atoms with van der Waals surface area (Å²) in [4.78, 5) is 24.6. The van der Waals surface area contributed by atoms with E-state index < -0.39 is 6.09 Å². The molecule has 0 spiro atoms. The van der Waals surface area contributed by atoms with Gasteiger partial charge >= 0.3 is 6.09 Å². The van der Waals surface area contributed by atoms with Crippen molar-refractivity contribution in [2.75, 3.05) is 27.4 Å². The smallest absolute Gasteiger partial charge is 0.414 e. The number of carbonyl (C=O) groups is 2. The van der Waals surface area contributed by atoms with Gasteiger partial charge in [0, 0.05) is 18.2 Å². The zero-order valence-electron chi connectivity index (χ0n) is 13.2. The summed E-state index contributed by atoms with van der Waals surface area (Å²) in [7, 11) is 3.10. The van der Waals surface area contributed by atoms with Gasteiger partial charge in [-0.1, -0.05) is 12.7 Å². The fraction of sp³-hybridized carbons (Fsp3) is 0.294. The van der Waals surface area contributed by atoms with Crippen LogP contribution in [0.1, 0.15) is 11.1 Å². The summed E-state index contributed by atoms with van der Waals surface area (Å²) in [5, 5.41) is 0. The van der Waals surface area contributed by atoms with Gasteiger partial charge in [0.15, 0.2) is 11.5 Å². The van der Waals surface area contributed by atoms with Crippen molar-refractivity contribution >= 4 is 18.1 Å². The summed E-state index contributed by atoms with van der Waals surface area (Å²) in [5.41, 5.74) is 2.20. The Morgan fingerprint density at radius 3 is 2.61 bits per heavy atom. The van der Waals surface area contributed by atoms with Gasteiger partial charge in [-0.25, -0.2) is 4.79 Å². The highest BCUT2D eigenvalue weighted by molar-refractivity contribution is 5.90. The minimum absolute atomic E-state index is 0.114. The van der Waals surface area contributed by atoms with E-state index in [2.05, 4.69) is 6.58 Å². The van der Waals surface area contributed by atoms with E-state index in [0.717, 1.165) is 11.1 Å². The Balaban J connectivity index is 2.45. The second-order valence-electron chi connectivity index (χ2n) is 4.82. The average Bonchev–Trinajstić information content (AvgIpc) is 2.58. The van der Waals surface area contributed by atoms with Crippen LogP contribution in [-0.4, -0.2) is 44.7 Å². The normalized spacial score (nSPS) is 14.9. The van der Waals surface area contributed by atoms with Crippen molar-refractivity contribution in [1.82, 2.24) is 4.90 Å². The van der Waals surface area contributed by atoms with E-state index in [0.29, 0.717) is 36.4 Å². The van der Waals surface area contributed by atoms with Gasteiger partial charge < -0.3 is 14.2 Å². The minimum Gasteiger partial charge on any atom is -0.493 e. The zero-order chi connectivity index (χ0) is 16.8. The van der Waals surface area contributed by atoms with Crippen LogP contribution in [-0.2, 0) is 16.0 Å². The highest BCUT2D eigenvalue weighted by Gasteiger charge is 2.28. The second kappa shape index (κ2) is 7.49. The molecule has 122 valence electrons. The topological polar surface area (TPSA) is 65.1 Å². The number of hydrogen-bond acceptors (Lipinski definition) is 5. The van der Waals surface area contributed by atoms with Gasteiger partial charge in [-0.15, -0.1) is 0 Å². The Kier molecular flexibility index (Phi) is 5.41. The molecule has 23 heavy (non-hydrogen) atoms. The number of aldehydes is 1. The third-order valence-corrected chi connectivity index (χ3v) is 3.55. The molecule has 1 aliphatic rings. The number of methoxy groups -OCH3 is 2. The van der Waals surface area contributed by atoms with Crippen molar-refractivity contribution in [2.24, 2.45) is 0 Å². The van der Waals surface area contributed by atoms with Crippen molar-refractivity contribution in [3.05, 3.63) is 42.0 Å². The van der Waals surface area contributed by atoms with Crippen molar-refractivity contribution < 1.29 is 23.8 Å². The predicted molar refractivity (Wildman–Crippen MR) is 85.5 cm³/mol. The zero-order valence-corrected chi connectivity index (χ0v) is 13.2. The van der Waals surface area contributed by atoms with Crippen LogP contribution in [0.25, 0.3) is 5.70 Å². The molecule has 0 saturated carbocycles. The van der Waals surface area contributed by atoms with Gasteiger partial charge in [0.05, 0.1) is 19.9 Å². The molecule has 0 bridgehead atoms. The van der Waals surface area contributed by atoms with Gasteiger partial charge in [-0.3, -0.25) is 9.69 Å². The molecule has 0 atom stereocenters. The lowest BCUT2D eigenvalue weighted by Crippen LogP contribution is -2.35. The molecular formula is C17H19NO5. The molecule has 0 saturated heterocycles. The van der Waals surface area contributed by atoms with Crippen LogP contribution in [0.3, 0.4) is 0 Å². The van der Waals surface area contributed by atoms with Gasteiger partial charge in [0.25, 0.3) is 0 Å². The Bertz CT molecular complexity index is 651. The average molecular weight is 317 g/mol. The van der Waals surface area contributed by atoms with Crippen molar-refractivity contribution in [1.29, 1.82) is 0 Å². The molecule has 0 aromatic heterocycles. The maximum Gasteiger partial charge on any atom is 0.414 e. The first-order valence-corrected chi connectivity index (χ1v) is 7.12. The Hall–Kier alpha value is -2.76. The molecule has 0 unspecified atom stereocenters. The number of hydrogen-bond donors (Lipinski definition) is 0. The number of amides is 1. The number of carbonyl (C=O) groups excluding carboxylic acids is 2. The van der Waals surface area contributed by atoms with E-state index in [4.69, 9.17) is 14.2 Å². The molecular weight excluding hydrogens is 298 g/mol. The number of benzene rings is 1. The molecule has 1 aliphatic heterocycles. The molecule has 0 N–H and O–H groups in total. The van der Waals surface area contributed by atoms with Crippen LogP contribution >= 0.6 is 0 Å². The van der Waals surface area contributed by atoms with Gasteiger partial charge in [-0.05, 0) is 24.1 Å². The standard InChI is InChI=1S/C17H19NO5/c1-4-9-23-17(20)18-7-5-12-10-15(21-2)16(22-3)11-13(12)14(18)6-8-19/h4,6,8,10-11H,1,5,7,9H2,2-3H3/b14-6-. The van der Waals surface area contributed by atoms with E-state index in [-0.39, 0.29) is 6.61 Å². The summed E-state index contributed by atoms with van der Waals surface area (Å²) in [6, 6.07) is 3.62. The van der Waals surface area contributed by atoms with Crippen molar-refractivity contribution in [2.45, 2.75) is 6.42 Å². The van der Waals surface area contributed by atoms with Crippen LogP contribution in [0.4, 0.5) is 4.79 Å². The van der Waals surface area contributed by atoms with Crippen LogP contribution in [0, 0.1) is 0 Å². The van der Waals surface area contributed by atoms with Gasteiger partial charge in [0.2, 0.25) is 0 Å². The number of fused-ring (bicyclic) bond motifs is 1. The Morgan fingerprint density at radius 2 is 2.00 bits per heavy atom. The molecule has 0 aliphatic carbocycles. The molecule has 1 amide bonds. The van der Waals surface area contributed by atoms with E-state index in [1.807, 2.05) is 6.07 Å². The summed E-state index contributed by atoms with van der Waals surface area (Å²) in [6.07, 6.45) is 3.59. The van der Waals surface area contributed by atoms with Gasteiger partial charge in [-0.2, -0.15) is 0 Å². The summed E-state index contributed by atoms with van der Waals surface area (Å²) < 4.78 is 15.7. The molecule has 6 heteroatoms. The van der Waals surface area contributed by atoms with E-state index in [1.165, 1.54) is 24.2 Å². The maximum absolute atomic E-state index is 12.2. The Labute approximate surface area is 134 Å². The molecule has 6 nitrogen and oxygen atoms in total. The number of ether oxygens (including phenoxy) is 3. The summed E-state index contributed by atoms with van der Waals surface area (Å²) in [5.74, 6) is 1.14. The van der Waals surface area contributed by atoms with E-state index in [1.54, 1.807) is 13.2 Å². The monoisotopic (exact) mass is 317 g/mol. The third-order valence-electron chi connectivity index (χ3n) is 3.55. The predicted octanol–water partition coefficient (Wildman–Crippen LogP) is 2.42. The quantitative estimate of drug-likeness (QED) is 0.474. The molecule has 1 aromatic carbocycles. The minimum atomic E-state index is -0.515. The Morgan fingerprint density at radius 1 is 1.30 bits per heavy atom. The lowest BCUT2D eigenvalue weighted by molar-refractivity contribution is -0.104. The molecule has 1 aromatic rings. The van der Waals surface area contributed by atoms with E-state index in [9.17, 15) is 9.59 Å². The lowest BCUT2D eigenvalue weighted by Gasteiger charge is -2.31. The van der Waals surface area contributed by atoms with Crippen LogP contribution in [0.15, 0.2) is 30.9 Å². The fourth-order valence-electron chi connectivity index (χ4n) is 2.51. The largest absolute Gasteiger partial charge is 0.493 e. The van der Waals surface area contributed by atoms with E-state index >= 15 is 0 Å². The molecule has 2 rings (SSSR count). The SMILES string of the molecule is C=CCOC(=O)N1CCc2cc(OC)c(OC)cc2/C1=C/C=O. The number of allylic oxidation sites excluding steroid dienone is 1. The number of rotatable bonds is 5. The third kappa shape index (κ3) is 3.36. The van der Waals surface area contributed by atoms with Crippen molar-refractivity contribution in [3.63, 3.8) is 0 Å². The summed E-state index contributed by atoms with van der Waals surface area (Å²) >= 11 is 0. The highest BCUT2D eigenvalue weighted by atomic mass is 16.6. The lowest BCUT2D eigenvalue weighted by atomic mass is 9.95. The van der Waals surface area contributed by atoms with Crippen LogP contribution in [0.5, 0.6) is 11.5 Å². The summed E-state index contributed by atoms with van der Waals surface area (Å²) in [6.45, 7) is 4.04.